The smallest absolute Gasteiger partial charge is 0.237 e. The fourth-order valence-corrected chi connectivity index (χ4v) is 5.40. The van der Waals surface area contributed by atoms with Crippen molar-refractivity contribution in [2.45, 2.75) is 31.2 Å². The molecule has 2 heterocycles. The van der Waals surface area contributed by atoms with Gasteiger partial charge in [-0.05, 0) is 48.6 Å². The van der Waals surface area contributed by atoms with E-state index in [2.05, 4.69) is 84.4 Å². The maximum atomic E-state index is 13.1. The summed E-state index contributed by atoms with van der Waals surface area (Å²) >= 11 is 1.65. The summed E-state index contributed by atoms with van der Waals surface area (Å²) in [5.41, 5.74) is 6.20. The zero-order chi connectivity index (χ0) is 21.2. The molecular weight excluding hydrogens is 400 g/mol. The number of aromatic nitrogens is 1. The highest BCUT2D eigenvalue weighted by atomic mass is 32.2. The van der Waals surface area contributed by atoms with E-state index in [0.717, 1.165) is 31.6 Å². The van der Waals surface area contributed by atoms with Crippen molar-refractivity contribution in [3.63, 3.8) is 0 Å². The summed E-state index contributed by atoms with van der Waals surface area (Å²) in [5.74, 6) is 0.639. The van der Waals surface area contributed by atoms with Gasteiger partial charge in [-0.3, -0.25) is 4.79 Å². The minimum absolute atomic E-state index is 0.188. The number of carbonyl (C=O) groups is 1. The van der Waals surface area contributed by atoms with Crippen LogP contribution in [0.25, 0.3) is 10.9 Å². The molecule has 3 nitrogen and oxygen atoms in total. The first-order chi connectivity index (χ1) is 15.2. The van der Waals surface area contributed by atoms with Crippen LogP contribution in [-0.4, -0.2) is 22.8 Å². The van der Waals surface area contributed by atoms with Gasteiger partial charge in [0.1, 0.15) is 0 Å². The lowest BCUT2D eigenvalue weighted by Gasteiger charge is -2.29. The predicted molar refractivity (Wildman–Crippen MR) is 130 cm³/mol. The molecule has 0 bridgehead atoms. The normalized spacial score (nSPS) is 13.4. The molecule has 0 N–H and O–H groups in total. The molecule has 0 radical (unpaired) electrons. The van der Waals surface area contributed by atoms with Crippen LogP contribution in [0.1, 0.15) is 23.1 Å². The summed E-state index contributed by atoms with van der Waals surface area (Å²) in [6, 6.07) is 25.3. The Morgan fingerprint density at radius 3 is 2.65 bits per heavy atom. The third kappa shape index (κ3) is 4.00. The minimum atomic E-state index is 0.188. The van der Waals surface area contributed by atoms with Gasteiger partial charge in [-0.15, -0.1) is 11.8 Å². The van der Waals surface area contributed by atoms with Gasteiger partial charge in [-0.2, -0.15) is 0 Å². The second-order valence-corrected chi connectivity index (χ2v) is 9.15. The first-order valence-electron chi connectivity index (χ1n) is 10.8. The van der Waals surface area contributed by atoms with E-state index in [1.54, 1.807) is 11.8 Å². The Bertz CT molecular complexity index is 1240. The van der Waals surface area contributed by atoms with E-state index in [1.807, 2.05) is 11.0 Å². The van der Waals surface area contributed by atoms with Crippen molar-refractivity contribution in [3.05, 3.63) is 95.7 Å². The first kappa shape index (κ1) is 20.0. The maximum absolute atomic E-state index is 13.1. The molecule has 5 rings (SSSR count). The standard InChI is InChI=1S/C27H26N2OS/c1-20-9-2-3-11-22(20)17-28-18-26(23-13-5-7-15-25(23)28)31-19-27(30)29-16-8-12-21-10-4-6-14-24(21)29/h2-7,9-11,13-15,18H,8,12,16-17,19H2,1H3. The zero-order valence-corrected chi connectivity index (χ0v) is 18.6. The highest BCUT2D eigenvalue weighted by molar-refractivity contribution is 8.00. The first-order valence-corrected chi connectivity index (χ1v) is 11.8. The van der Waals surface area contributed by atoms with Crippen LogP contribution in [0.3, 0.4) is 0 Å². The van der Waals surface area contributed by atoms with Crippen LogP contribution in [0.2, 0.25) is 0 Å². The van der Waals surface area contributed by atoms with Gasteiger partial charge < -0.3 is 9.47 Å². The van der Waals surface area contributed by atoms with Crippen LogP contribution >= 0.6 is 11.8 Å². The molecule has 0 unspecified atom stereocenters. The number of anilines is 1. The number of amides is 1. The fraction of sp³-hybridized carbons (Fsp3) is 0.222. The minimum Gasteiger partial charge on any atom is -0.342 e. The van der Waals surface area contributed by atoms with Crippen molar-refractivity contribution < 1.29 is 4.79 Å². The third-order valence-electron chi connectivity index (χ3n) is 6.12. The van der Waals surface area contributed by atoms with Gasteiger partial charge in [-0.1, -0.05) is 60.7 Å². The van der Waals surface area contributed by atoms with Crippen molar-refractivity contribution in [1.82, 2.24) is 4.57 Å². The van der Waals surface area contributed by atoms with Crippen LogP contribution in [-0.2, 0) is 17.8 Å². The number of aryl methyl sites for hydroxylation is 2. The van der Waals surface area contributed by atoms with Crippen molar-refractivity contribution in [2.75, 3.05) is 17.2 Å². The number of nitrogens with zero attached hydrogens (tertiary/aromatic N) is 2. The lowest BCUT2D eigenvalue weighted by Crippen LogP contribution is -2.36. The van der Waals surface area contributed by atoms with Crippen LogP contribution in [0.15, 0.2) is 83.9 Å². The molecule has 4 aromatic rings. The average molecular weight is 427 g/mol. The number of thioether (sulfide) groups is 1. The molecular formula is C27H26N2OS. The van der Waals surface area contributed by atoms with Crippen molar-refractivity contribution in [2.24, 2.45) is 0 Å². The summed E-state index contributed by atoms with van der Waals surface area (Å²) in [4.78, 5) is 16.3. The lowest BCUT2D eigenvalue weighted by molar-refractivity contribution is -0.116. The number of hydrogen-bond acceptors (Lipinski definition) is 2. The van der Waals surface area contributed by atoms with E-state index in [-0.39, 0.29) is 5.91 Å². The molecule has 0 atom stereocenters. The molecule has 0 spiro atoms. The highest BCUT2D eigenvalue weighted by Gasteiger charge is 2.22. The Morgan fingerprint density at radius 1 is 0.968 bits per heavy atom. The van der Waals surface area contributed by atoms with Gasteiger partial charge in [0.2, 0.25) is 5.91 Å². The van der Waals surface area contributed by atoms with Crippen molar-refractivity contribution in [1.29, 1.82) is 0 Å². The maximum Gasteiger partial charge on any atom is 0.237 e. The Balaban J connectivity index is 1.38. The topological polar surface area (TPSA) is 25.2 Å². The van der Waals surface area contributed by atoms with Gasteiger partial charge in [-0.25, -0.2) is 0 Å². The predicted octanol–water partition coefficient (Wildman–Crippen LogP) is 6.07. The van der Waals surface area contributed by atoms with Gasteiger partial charge >= 0.3 is 0 Å². The second-order valence-electron chi connectivity index (χ2n) is 8.13. The van der Waals surface area contributed by atoms with Crippen LogP contribution in [0.4, 0.5) is 5.69 Å². The summed E-state index contributed by atoms with van der Waals surface area (Å²) < 4.78 is 2.31. The summed E-state index contributed by atoms with van der Waals surface area (Å²) in [5, 5.41) is 1.22. The number of rotatable bonds is 5. The molecule has 0 aliphatic carbocycles. The summed E-state index contributed by atoms with van der Waals surface area (Å²) in [6.07, 6.45) is 4.29. The Labute approximate surface area is 187 Å². The number of hydrogen-bond donors (Lipinski definition) is 0. The number of carbonyl (C=O) groups excluding carboxylic acids is 1. The summed E-state index contributed by atoms with van der Waals surface area (Å²) in [6.45, 7) is 3.80. The van der Waals surface area contributed by atoms with Gasteiger partial charge in [0.25, 0.3) is 0 Å². The number of para-hydroxylation sites is 2. The molecule has 156 valence electrons. The Hall–Kier alpha value is -2.98. The average Bonchev–Trinajstić information content (AvgIpc) is 3.16. The van der Waals surface area contributed by atoms with Crippen molar-refractivity contribution in [3.8, 4) is 0 Å². The highest BCUT2D eigenvalue weighted by Crippen LogP contribution is 2.32. The number of fused-ring (bicyclic) bond motifs is 2. The van der Waals surface area contributed by atoms with Crippen LogP contribution in [0, 0.1) is 6.92 Å². The Kier molecular flexibility index (Phi) is 5.56. The largest absolute Gasteiger partial charge is 0.342 e. The van der Waals surface area contributed by atoms with E-state index >= 15 is 0 Å². The van der Waals surface area contributed by atoms with E-state index in [1.165, 1.54) is 32.5 Å². The zero-order valence-electron chi connectivity index (χ0n) is 17.8. The molecule has 1 aliphatic heterocycles. The van der Waals surface area contributed by atoms with Crippen LogP contribution < -0.4 is 4.90 Å². The van der Waals surface area contributed by atoms with Gasteiger partial charge in [0, 0.05) is 40.8 Å². The molecule has 1 amide bonds. The van der Waals surface area contributed by atoms with E-state index < -0.39 is 0 Å². The monoisotopic (exact) mass is 426 g/mol. The molecule has 1 aromatic heterocycles. The van der Waals surface area contributed by atoms with Gasteiger partial charge in [0.15, 0.2) is 0 Å². The molecule has 0 saturated carbocycles. The molecule has 0 fully saturated rings. The third-order valence-corrected chi connectivity index (χ3v) is 7.14. The molecule has 3 aromatic carbocycles. The number of benzene rings is 3. The fourth-order valence-electron chi connectivity index (χ4n) is 4.44. The van der Waals surface area contributed by atoms with Crippen molar-refractivity contribution >= 4 is 34.3 Å². The van der Waals surface area contributed by atoms with E-state index in [9.17, 15) is 4.79 Å². The Morgan fingerprint density at radius 2 is 1.74 bits per heavy atom. The quantitative estimate of drug-likeness (QED) is 0.362. The molecule has 31 heavy (non-hydrogen) atoms. The molecule has 0 saturated heterocycles. The van der Waals surface area contributed by atoms with E-state index in [0.29, 0.717) is 5.75 Å². The van der Waals surface area contributed by atoms with Gasteiger partial charge in [0.05, 0.1) is 5.75 Å². The lowest BCUT2D eigenvalue weighted by atomic mass is 10.0. The molecule has 1 aliphatic rings. The van der Waals surface area contributed by atoms with Crippen LogP contribution in [0.5, 0.6) is 0 Å². The summed E-state index contributed by atoms with van der Waals surface area (Å²) in [7, 11) is 0. The molecule has 4 heteroatoms. The van der Waals surface area contributed by atoms with E-state index in [4.69, 9.17) is 0 Å². The second kappa shape index (κ2) is 8.64. The SMILES string of the molecule is Cc1ccccc1Cn1cc(SCC(=O)N2CCCc3ccccc32)c2ccccc21.